The van der Waals surface area contributed by atoms with E-state index in [2.05, 4.69) is 23.3 Å². The summed E-state index contributed by atoms with van der Waals surface area (Å²) in [6.45, 7) is 13.0. The van der Waals surface area contributed by atoms with Crippen LogP contribution in [0, 0.1) is 6.08 Å². The Balaban J connectivity index is 0. The van der Waals surface area contributed by atoms with Crippen molar-refractivity contribution < 1.29 is 40.2 Å². The molecule has 0 radical (unpaired) electrons. The van der Waals surface area contributed by atoms with E-state index in [1.165, 1.54) is 12.2 Å². The SMILES string of the molecule is C=C/C=C(\[C-]=C(C)OC(C)C)C(=O)NC1CCC(=O)NC1=O.CC.[W]. The second-order valence-corrected chi connectivity index (χ2v) is 5.14. The maximum Gasteiger partial charge on any atom is 0.248 e. The van der Waals surface area contributed by atoms with Crippen LogP contribution in [0.5, 0.6) is 0 Å². The topological polar surface area (TPSA) is 84.5 Å². The van der Waals surface area contributed by atoms with Gasteiger partial charge in [0.2, 0.25) is 11.8 Å². The average Bonchev–Trinajstić information content (AvgIpc) is 2.50. The molecular weight excluding hydrogens is 492 g/mol. The van der Waals surface area contributed by atoms with E-state index in [4.69, 9.17) is 4.74 Å². The van der Waals surface area contributed by atoms with E-state index >= 15 is 0 Å². The molecule has 0 aromatic heterocycles. The van der Waals surface area contributed by atoms with Crippen molar-refractivity contribution in [1.82, 2.24) is 10.6 Å². The van der Waals surface area contributed by atoms with Gasteiger partial charge in [-0.1, -0.05) is 13.8 Å². The second-order valence-electron chi connectivity index (χ2n) is 5.14. The van der Waals surface area contributed by atoms with Crippen LogP contribution in [0.3, 0.4) is 0 Å². The van der Waals surface area contributed by atoms with Gasteiger partial charge in [-0.15, -0.1) is 24.3 Å². The Kier molecular flexibility index (Phi) is 13.9. The molecule has 0 aliphatic carbocycles. The number of carbonyl (C=O) groups excluding carboxylic acids is 3. The van der Waals surface area contributed by atoms with Gasteiger partial charge >= 0.3 is 0 Å². The number of allylic oxidation sites excluding steroid dienone is 3. The Morgan fingerprint density at radius 3 is 2.48 bits per heavy atom. The zero-order chi connectivity index (χ0) is 18.7. The van der Waals surface area contributed by atoms with Gasteiger partial charge in [0.15, 0.2) is 0 Å². The molecule has 140 valence electrons. The Bertz CT molecular complexity index is 539. The molecule has 3 amide bonds. The van der Waals surface area contributed by atoms with Crippen molar-refractivity contribution in [1.29, 1.82) is 0 Å². The Morgan fingerprint density at radius 1 is 1.40 bits per heavy atom. The number of carbonyl (C=O) groups is 3. The van der Waals surface area contributed by atoms with E-state index in [-0.39, 0.29) is 51.5 Å². The molecule has 25 heavy (non-hydrogen) atoms. The van der Waals surface area contributed by atoms with E-state index in [1.54, 1.807) is 6.92 Å². The molecule has 7 heteroatoms. The van der Waals surface area contributed by atoms with Crippen molar-refractivity contribution in [3.8, 4) is 0 Å². The van der Waals surface area contributed by atoms with E-state index in [1.807, 2.05) is 27.7 Å². The standard InChI is InChI=1S/C16H21N2O4.C2H6.W/c1-5-6-12(9-11(4)22-10(2)3)15(20)17-13-7-8-14(19)18-16(13)21;1-2;/h5-6,10,13H,1,7-8H2,2-4H3,(H,17,20)(H,18,19,21);1-2H3;/q-1;;/b12-6+;;. The van der Waals surface area contributed by atoms with Gasteiger partial charge in [-0.25, -0.2) is 0 Å². The van der Waals surface area contributed by atoms with Gasteiger partial charge in [0.25, 0.3) is 0 Å². The molecule has 0 spiro atoms. The molecule has 6 nitrogen and oxygen atoms in total. The normalized spacial score (nSPS) is 17.6. The van der Waals surface area contributed by atoms with Crippen molar-refractivity contribution in [3.05, 3.63) is 36.1 Å². The molecule has 0 saturated carbocycles. The predicted octanol–water partition coefficient (Wildman–Crippen LogP) is 2.18. The fourth-order valence-electron chi connectivity index (χ4n) is 1.93. The summed E-state index contributed by atoms with van der Waals surface area (Å²) in [6, 6.07) is -0.730. The Hall–Kier alpha value is -1.68. The number of rotatable bonds is 6. The van der Waals surface area contributed by atoms with Crippen LogP contribution in [-0.2, 0) is 40.2 Å². The fraction of sp³-hybridized carbons (Fsp3) is 0.500. The Labute approximate surface area is 164 Å². The van der Waals surface area contributed by atoms with Crippen LogP contribution in [0.2, 0.25) is 0 Å². The van der Waals surface area contributed by atoms with Crippen LogP contribution in [-0.4, -0.2) is 29.9 Å². The van der Waals surface area contributed by atoms with E-state index < -0.39 is 17.9 Å². The first-order valence-electron chi connectivity index (χ1n) is 8.08. The molecule has 0 bridgehead atoms. The molecule has 0 aromatic carbocycles. The number of hydrogen-bond donors (Lipinski definition) is 2. The maximum atomic E-state index is 12.2. The molecule has 0 aromatic rings. The minimum atomic E-state index is -0.730. The van der Waals surface area contributed by atoms with Crippen LogP contribution in [0.4, 0.5) is 0 Å². The second kappa shape index (κ2) is 13.6. The monoisotopic (exact) mass is 519 g/mol. The molecule has 1 unspecified atom stereocenters. The molecule has 1 aliphatic rings. The molecule has 1 fully saturated rings. The van der Waals surface area contributed by atoms with Gasteiger partial charge in [-0.2, -0.15) is 6.08 Å². The first-order chi connectivity index (χ1) is 11.3. The van der Waals surface area contributed by atoms with Crippen molar-refractivity contribution in [2.75, 3.05) is 0 Å². The summed E-state index contributed by atoms with van der Waals surface area (Å²) in [5.41, 5.74) is 0.206. The quantitative estimate of drug-likeness (QED) is 0.185. The van der Waals surface area contributed by atoms with Crippen LogP contribution in [0.15, 0.2) is 30.1 Å². The summed E-state index contributed by atoms with van der Waals surface area (Å²) in [7, 11) is 0. The summed E-state index contributed by atoms with van der Waals surface area (Å²) in [5, 5.41) is 4.77. The molecule has 1 aliphatic heterocycles. The molecular formula is C18H27N2O4W-. The summed E-state index contributed by atoms with van der Waals surface area (Å²) >= 11 is 0. The molecule has 1 saturated heterocycles. The fourth-order valence-corrected chi connectivity index (χ4v) is 1.93. The van der Waals surface area contributed by atoms with Gasteiger partial charge in [-0.3, -0.25) is 14.9 Å². The van der Waals surface area contributed by atoms with Crippen LogP contribution in [0.1, 0.15) is 47.5 Å². The molecule has 2 N–H and O–H groups in total. The van der Waals surface area contributed by atoms with Crippen molar-refractivity contribution in [2.24, 2.45) is 0 Å². The van der Waals surface area contributed by atoms with Crippen molar-refractivity contribution in [2.45, 2.75) is 59.6 Å². The third-order valence-electron chi connectivity index (χ3n) is 2.80. The van der Waals surface area contributed by atoms with Crippen molar-refractivity contribution in [3.63, 3.8) is 0 Å². The number of ether oxygens (including phenoxy) is 1. The number of hydrogen-bond acceptors (Lipinski definition) is 4. The maximum absolute atomic E-state index is 12.2. The largest absolute Gasteiger partial charge is 0.509 e. The Morgan fingerprint density at radius 2 is 2.00 bits per heavy atom. The van der Waals surface area contributed by atoms with Gasteiger partial charge in [0, 0.05) is 33.2 Å². The van der Waals surface area contributed by atoms with E-state index in [9.17, 15) is 14.4 Å². The zero-order valence-electron chi connectivity index (χ0n) is 15.5. The number of amides is 3. The first-order valence-corrected chi connectivity index (χ1v) is 8.08. The molecule has 1 heterocycles. The summed E-state index contributed by atoms with van der Waals surface area (Å²) in [5.74, 6) is -0.839. The molecule has 1 atom stereocenters. The van der Waals surface area contributed by atoms with Crippen LogP contribution in [0.25, 0.3) is 0 Å². The van der Waals surface area contributed by atoms with Gasteiger partial charge in [-0.05, 0) is 27.2 Å². The summed E-state index contributed by atoms with van der Waals surface area (Å²) in [6.07, 6.45) is 6.22. The van der Waals surface area contributed by atoms with E-state index in [0.717, 1.165) is 0 Å². The minimum absolute atomic E-state index is 0. The average molecular weight is 519 g/mol. The minimum Gasteiger partial charge on any atom is -0.509 e. The van der Waals surface area contributed by atoms with E-state index in [0.29, 0.717) is 5.76 Å². The van der Waals surface area contributed by atoms with Gasteiger partial charge in [0.1, 0.15) is 5.91 Å². The summed E-state index contributed by atoms with van der Waals surface area (Å²) in [4.78, 5) is 35.0. The van der Waals surface area contributed by atoms with Crippen LogP contribution < -0.4 is 10.6 Å². The first kappa shape index (κ1) is 25.6. The summed E-state index contributed by atoms with van der Waals surface area (Å²) < 4.78 is 5.43. The number of nitrogens with one attached hydrogen (secondary N) is 2. The molecule has 1 rings (SSSR count). The smallest absolute Gasteiger partial charge is 0.248 e. The van der Waals surface area contributed by atoms with Gasteiger partial charge in [0.05, 0.1) is 12.1 Å². The third-order valence-corrected chi connectivity index (χ3v) is 2.80. The number of imide groups is 1. The third kappa shape index (κ3) is 10.0. The van der Waals surface area contributed by atoms with Crippen LogP contribution >= 0.6 is 0 Å². The number of piperidine rings is 1. The van der Waals surface area contributed by atoms with Crippen molar-refractivity contribution >= 4 is 17.7 Å². The predicted molar refractivity (Wildman–Crippen MR) is 92.6 cm³/mol. The zero-order valence-corrected chi connectivity index (χ0v) is 18.4. The van der Waals surface area contributed by atoms with Gasteiger partial charge < -0.3 is 14.8 Å².